The third-order valence-corrected chi connectivity index (χ3v) is 5.00. The van der Waals surface area contributed by atoms with Crippen molar-refractivity contribution in [3.63, 3.8) is 0 Å². The topological polar surface area (TPSA) is 75.4 Å². The lowest BCUT2D eigenvalue weighted by Gasteiger charge is -2.34. The van der Waals surface area contributed by atoms with Gasteiger partial charge in [-0.15, -0.1) is 0 Å². The number of rotatable bonds is 5. The molecule has 2 rings (SSSR count). The van der Waals surface area contributed by atoms with Gasteiger partial charge < -0.3 is 16.0 Å². The third-order valence-electron chi connectivity index (χ3n) is 5.00. The van der Waals surface area contributed by atoms with Crippen molar-refractivity contribution in [3.05, 3.63) is 0 Å². The molecule has 3 unspecified atom stereocenters. The molecule has 2 aliphatic rings. The predicted molar refractivity (Wildman–Crippen MR) is 82.5 cm³/mol. The van der Waals surface area contributed by atoms with Gasteiger partial charge in [0.05, 0.1) is 0 Å². The molecule has 2 amide bonds. The monoisotopic (exact) mass is 295 g/mol. The quantitative estimate of drug-likeness (QED) is 0.798. The van der Waals surface area contributed by atoms with Crippen LogP contribution in [0.5, 0.6) is 0 Å². The van der Waals surface area contributed by atoms with Gasteiger partial charge in [-0.1, -0.05) is 6.92 Å². The van der Waals surface area contributed by atoms with Gasteiger partial charge in [0.25, 0.3) is 0 Å². The van der Waals surface area contributed by atoms with Crippen molar-refractivity contribution < 1.29 is 9.59 Å². The van der Waals surface area contributed by atoms with Crippen LogP contribution in [0.15, 0.2) is 0 Å². The number of nitrogens with one attached hydrogen (secondary N) is 1. The first kappa shape index (κ1) is 16.3. The maximum Gasteiger partial charge on any atom is 0.222 e. The minimum absolute atomic E-state index is 0.252. The van der Waals surface area contributed by atoms with Crippen LogP contribution < -0.4 is 11.1 Å². The van der Waals surface area contributed by atoms with Crippen molar-refractivity contribution in [2.24, 2.45) is 23.5 Å². The number of nitrogens with two attached hydrogens (primary N) is 1. The average molecular weight is 295 g/mol. The number of hydrogen-bond donors (Lipinski definition) is 2. The molecule has 0 aliphatic carbocycles. The van der Waals surface area contributed by atoms with Crippen LogP contribution in [0.3, 0.4) is 0 Å². The Labute approximate surface area is 127 Å². The molecule has 2 heterocycles. The fourth-order valence-corrected chi connectivity index (χ4v) is 3.68. The molecule has 5 heteroatoms. The highest BCUT2D eigenvalue weighted by Gasteiger charge is 2.28. The normalized spacial score (nSPS) is 28.1. The molecule has 21 heavy (non-hydrogen) atoms. The van der Waals surface area contributed by atoms with Crippen molar-refractivity contribution in [1.82, 2.24) is 10.2 Å². The third kappa shape index (κ3) is 4.99. The summed E-state index contributed by atoms with van der Waals surface area (Å²) in [7, 11) is 0. The van der Waals surface area contributed by atoms with E-state index < -0.39 is 0 Å². The molecule has 3 atom stereocenters. The van der Waals surface area contributed by atoms with E-state index in [1.165, 1.54) is 12.8 Å². The van der Waals surface area contributed by atoms with Gasteiger partial charge in [-0.25, -0.2) is 0 Å². The van der Waals surface area contributed by atoms with Crippen LogP contribution >= 0.6 is 0 Å². The van der Waals surface area contributed by atoms with E-state index in [0.717, 1.165) is 32.5 Å². The zero-order valence-electron chi connectivity index (χ0n) is 13.1. The number of carbonyl (C=O) groups is 2. The van der Waals surface area contributed by atoms with Gasteiger partial charge in [-0.05, 0) is 56.5 Å². The van der Waals surface area contributed by atoms with Crippen molar-refractivity contribution in [2.75, 3.05) is 26.2 Å². The molecule has 0 bridgehead atoms. The Balaban J connectivity index is 1.80. The smallest absolute Gasteiger partial charge is 0.222 e. The zero-order valence-corrected chi connectivity index (χ0v) is 13.1. The van der Waals surface area contributed by atoms with E-state index in [1.807, 2.05) is 4.90 Å². The second kappa shape index (κ2) is 7.78. The van der Waals surface area contributed by atoms with Crippen molar-refractivity contribution >= 4 is 11.8 Å². The van der Waals surface area contributed by atoms with E-state index in [4.69, 9.17) is 5.73 Å². The van der Waals surface area contributed by atoms with Crippen LogP contribution in [0, 0.1) is 17.8 Å². The van der Waals surface area contributed by atoms with Crippen molar-refractivity contribution in [3.8, 4) is 0 Å². The molecule has 2 saturated heterocycles. The number of hydrogen-bond acceptors (Lipinski definition) is 3. The molecule has 2 fully saturated rings. The van der Waals surface area contributed by atoms with E-state index in [-0.39, 0.29) is 17.7 Å². The fourth-order valence-electron chi connectivity index (χ4n) is 3.68. The van der Waals surface area contributed by atoms with Gasteiger partial charge in [0.2, 0.25) is 11.8 Å². The molecule has 0 spiro atoms. The molecule has 0 aromatic rings. The Bertz CT molecular complexity index is 367. The molecule has 5 nitrogen and oxygen atoms in total. The summed E-state index contributed by atoms with van der Waals surface area (Å²) in [6.45, 7) is 5.89. The highest BCUT2D eigenvalue weighted by Crippen LogP contribution is 2.25. The number of amides is 2. The van der Waals surface area contributed by atoms with Gasteiger partial charge in [0.15, 0.2) is 0 Å². The summed E-state index contributed by atoms with van der Waals surface area (Å²) in [5.74, 6) is 1.31. The van der Waals surface area contributed by atoms with E-state index in [2.05, 4.69) is 12.2 Å². The lowest BCUT2D eigenvalue weighted by atomic mass is 9.85. The van der Waals surface area contributed by atoms with Gasteiger partial charge in [0, 0.05) is 25.9 Å². The van der Waals surface area contributed by atoms with Crippen LogP contribution in [0.4, 0.5) is 0 Å². The Hall–Kier alpha value is -1.10. The molecule has 0 radical (unpaired) electrons. The standard InChI is InChI=1S/C16H29N3O2/c1-12(14-5-2-6-18-10-14)8-16(21)19-7-3-4-13(11-19)9-15(17)20/h12-14,18H,2-11H2,1H3,(H2,17,20). The second-order valence-electron chi connectivity index (χ2n) is 6.81. The van der Waals surface area contributed by atoms with E-state index >= 15 is 0 Å². The molecule has 3 N–H and O–H groups in total. The number of carbonyl (C=O) groups excluding carboxylic acids is 2. The number of nitrogens with zero attached hydrogens (tertiary/aromatic N) is 1. The SMILES string of the molecule is CC(CC(=O)N1CCCC(CC(N)=O)C1)C1CCCNC1. The number of primary amides is 1. The summed E-state index contributed by atoms with van der Waals surface area (Å²) >= 11 is 0. The minimum Gasteiger partial charge on any atom is -0.370 e. The summed E-state index contributed by atoms with van der Waals surface area (Å²) < 4.78 is 0. The van der Waals surface area contributed by atoms with Gasteiger partial charge in [0.1, 0.15) is 0 Å². The maximum absolute atomic E-state index is 12.5. The fraction of sp³-hybridized carbons (Fsp3) is 0.875. The van der Waals surface area contributed by atoms with Crippen LogP contribution in [-0.2, 0) is 9.59 Å². The number of piperidine rings is 2. The highest BCUT2D eigenvalue weighted by molar-refractivity contribution is 5.77. The lowest BCUT2D eigenvalue weighted by Crippen LogP contribution is -2.42. The largest absolute Gasteiger partial charge is 0.370 e. The van der Waals surface area contributed by atoms with Gasteiger partial charge in [-0.2, -0.15) is 0 Å². The summed E-state index contributed by atoms with van der Waals surface area (Å²) in [5.41, 5.74) is 5.27. The van der Waals surface area contributed by atoms with E-state index in [9.17, 15) is 9.59 Å². The van der Waals surface area contributed by atoms with Crippen molar-refractivity contribution in [1.29, 1.82) is 0 Å². The summed E-state index contributed by atoms with van der Waals surface area (Å²) in [6.07, 6.45) is 5.48. The predicted octanol–water partition coefficient (Wildman–Crippen LogP) is 1.13. The molecule has 0 aromatic carbocycles. The van der Waals surface area contributed by atoms with Crippen LogP contribution in [0.25, 0.3) is 0 Å². The van der Waals surface area contributed by atoms with Crippen LogP contribution in [-0.4, -0.2) is 42.9 Å². The summed E-state index contributed by atoms with van der Waals surface area (Å²) in [4.78, 5) is 25.5. The van der Waals surface area contributed by atoms with E-state index in [1.54, 1.807) is 0 Å². The summed E-state index contributed by atoms with van der Waals surface area (Å²) in [5, 5.41) is 3.42. The maximum atomic E-state index is 12.5. The first-order valence-electron chi connectivity index (χ1n) is 8.33. The first-order valence-corrected chi connectivity index (χ1v) is 8.33. The highest BCUT2D eigenvalue weighted by atomic mass is 16.2. The van der Waals surface area contributed by atoms with Crippen molar-refractivity contribution in [2.45, 2.75) is 45.4 Å². The van der Waals surface area contributed by atoms with E-state index in [0.29, 0.717) is 31.2 Å². The molecule has 0 aromatic heterocycles. The second-order valence-corrected chi connectivity index (χ2v) is 6.81. The summed E-state index contributed by atoms with van der Waals surface area (Å²) in [6, 6.07) is 0. The molecule has 2 aliphatic heterocycles. The van der Waals surface area contributed by atoms with Crippen LogP contribution in [0.2, 0.25) is 0 Å². The Morgan fingerprint density at radius 2 is 2.14 bits per heavy atom. The molecule has 0 saturated carbocycles. The van der Waals surface area contributed by atoms with Crippen LogP contribution in [0.1, 0.15) is 45.4 Å². The van der Waals surface area contributed by atoms with Gasteiger partial charge >= 0.3 is 0 Å². The minimum atomic E-state index is -0.254. The molecular formula is C16H29N3O2. The Kier molecular flexibility index (Phi) is 6.03. The average Bonchev–Trinajstić information content (AvgIpc) is 2.47. The Morgan fingerprint density at radius 3 is 2.81 bits per heavy atom. The van der Waals surface area contributed by atoms with Gasteiger partial charge in [-0.3, -0.25) is 9.59 Å². The first-order chi connectivity index (χ1) is 10.1. The lowest BCUT2D eigenvalue weighted by molar-refractivity contribution is -0.135. The molecular weight excluding hydrogens is 266 g/mol. The Morgan fingerprint density at radius 1 is 1.33 bits per heavy atom. The molecule has 120 valence electrons. The zero-order chi connectivity index (χ0) is 15.2. The number of likely N-dealkylation sites (tertiary alicyclic amines) is 1.